The SMILES string of the molecule is CC(C)c1cccc(C(C)C)c1-n1cc(-c2ccc3c(n2)-c2c(O)cccc2C(C)(C)C3(C)C)nc1-c1cccc2ccncc12. The van der Waals surface area contributed by atoms with Gasteiger partial charge in [0.2, 0.25) is 0 Å². The predicted octanol–water partition coefficient (Wildman–Crippen LogP) is 10.3. The highest BCUT2D eigenvalue weighted by Crippen LogP contribution is 2.55. The average molecular weight is 607 g/mol. The van der Waals surface area contributed by atoms with Crippen LogP contribution in [0.2, 0.25) is 0 Å². The van der Waals surface area contributed by atoms with Crippen LogP contribution in [0, 0.1) is 0 Å². The summed E-state index contributed by atoms with van der Waals surface area (Å²) in [6.45, 7) is 18.1. The molecule has 1 N–H and O–H groups in total. The van der Waals surface area contributed by atoms with Gasteiger partial charge in [-0.2, -0.15) is 0 Å². The van der Waals surface area contributed by atoms with E-state index in [9.17, 15) is 5.11 Å². The molecule has 6 aromatic rings. The molecular formula is C41H42N4O. The molecule has 0 radical (unpaired) electrons. The molecule has 0 saturated heterocycles. The Bertz CT molecular complexity index is 2100. The monoisotopic (exact) mass is 606 g/mol. The van der Waals surface area contributed by atoms with Gasteiger partial charge in [0.1, 0.15) is 17.3 Å². The number of rotatable bonds is 5. The fourth-order valence-corrected chi connectivity index (χ4v) is 7.24. The van der Waals surface area contributed by atoms with E-state index in [4.69, 9.17) is 9.97 Å². The van der Waals surface area contributed by atoms with E-state index in [0.717, 1.165) is 55.9 Å². The van der Waals surface area contributed by atoms with E-state index in [0.29, 0.717) is 11.8 Å². The largest absolute Gasteiger partial charge is 0.507 e. The van der Waals surface area contributed by atoms with Gasteiger partial charge >= 0.3 is 0 Å². The van der Waals surface area contributed by atoms with Gasteiger partial charge in [0, 0.05) is 40.5 Å². The highest BCUT2D eigenvalue weighted by Gasteiger charge is 2.47. The highest BCUT2D eigenvalue weighted by atomic mass is 16.3. The lowest BCUT2D eigenvalue weighted by atomic mass is 9.56. The van der Waals surface area contributed by atoms with Gasteiger partial charge in [-0.15, -0.1) is 0 Å². The first-order chi connectivity index (χ1) is 21.9. The first kappa shape index (κ1) is 29.9. The molecule has 5 nitrogen and oxygen atoms in total. The molecule has 1 aliphatic rings. The Hall–Kier alpha value is -4.77. The minimum Gasteiger partial charge on any atom is -0.507 e. The van der Waals surface area contributed by atoms with Gasteiger partial charge in [0.05, 0.1) is 17.1 Å². The number of imidazole rings is 1. The van der Waals surface area contributed by atoms with Gasteiger partial charge in [-0.1, -0.05) is 110 Å². The maximum absolute atomic E-state index is 11.2. The zero-order chi connectivity index (χ0) is 32.5. The van der Waals surface area contributed by atoms with E-state index < -0.39 is 0 Å². The van der Waals surface area contributed by atoms with Crippen molar-refractivity contribution in [2.75, 3.05) is 0 Å². The van der Waals surface area contributed by atoms with Crippen LogP contribution in [0.3, 0.4) is 0 Å². The van der Waals surface area contributed by atoms with Crippen molar-refractivity contribution in [3.05, 3.63) is 114 Å². The minimum absolute atomic E-state index is 0.206. The number of para-hydroxylation sites is 1. The second-order valence-corrected chi connectivity index (χ2v) is 14.4. The lowest BCUT2D eigenvalue weighted by molar-refractivity contribution is 0.296. The summed E-state index contributed by atoms with van der Waals surface area (Å²) >= 11 is 0. The lowest BCUT2D eigenvalue weighted by Crippen LogP contribution is -2.43. The van der Waals surface area contributed by atoms with Crippen LogP contribution in [0.25, 0.3) is 50.5 Å². The van der Waals surface area contributed by atoms with Crippen LogP contribution in [0.4, 0.5) is 0 Å². The Labute approximate surface area is 272 Å². The molecule has 0 saturated carbocycles. The van der Waals surface area contributed by atoms with Gasteiger partial charge in [-0.05, 0) is 63.1 Å². The number of benzene rings is 3. The van der Waals surface area contributed by atoms with Crippen LogP contribution in [0.15, 0.2) is 91.4 Å². The smallest absolute Gasteiger partial charge is 0.146 e. The van der Waals surface area contributed by atoms with Crippen molar-refractivity contribution in [3.63, 3.8) is 0 Å². The van der Waals surface area contributed by atoms with Crippen LogP contribution < -0.4 is 0 Å². The Kier molecular flexibility index (Phi) is 6.93. The van der Waals surface area contributed by atoms with Gasteiger partial charge in [0.25, 0.3) is 0 Å². The van der Waals surface area contributed by atoms with Gasteiger partial charge in [-0.3, -0.25) is 9.55 Å². The number of aromatic hydroxyl groups is 1. The molecule has 0 aliphatic heterocycles. The number of fused-ring (bicyclic) bond motifs is 4. The Balaban J connectivity index is 1.53. The topological polar surface area (TPSA) is 63.8 Å². The first-order valence-electron chi connectivity index (χ1n) is 16.3. The van der Waals surface area contributed by atoms with Crippen molar-refractivity contribution in [3.8, 4) is 45.5 Å². The van der Waals surface area contributed by atoms with Crippen LogP contribution in [-0.4, -0.2) is 24.6 Å². The van der Waals surface area contributed by atoms with Gasteiger partial charge in [0.15, 0.2) is 0 Å². The van der Waals surface area contributed by atoms with E-state index >= 15 is 0 Å². The van der Waals surface area contributed by atoms with Crippen LogP contribution >= 0.6 is 0 Å². The Morgan fingerprint density at radius 1 is 0.696 bits per heavy atom. The number of pyridine rings is 2. The number of hydrogen-bond donors (Lipinski definition) is 1. The summed E-state index contributed by atoms with van der Waals surface area (Å²) in [5, 5.41) is 13.4. The van der Waals surface area contributed by atoms with Gasteiger partial charge < -0.3 is 5.11 Å². The maximum Gasteiger partial charge on any atom is 0.146 e. The molecule has 5 heteroatoms. The molecule has 0 bridgehead atoms. The van der Waals surface area contributed by atoms with Crippen LogP contribution in [0.5, 0.6) is 5.75 Å². The molecule has 7 rings (SSSR count). The molecule has 232 valence electrons. The van der Waals surface area contributed by atoms with Crippen molar-refractivity contribution in [1.29, 1.82) is 0 Å². The fourth-order valence-electron chi connectivity index (χ4n) is 7.24. The van der Waals surface area contributed by atoms with E-state index in [1.54, 1.807) is 6.07 Å². The molecular weight excluding hydrogens is 564 g/mol. The fraction of sp³-hybridized carbons (Fsp3) is 0.293. The molecule has 0 unspecified atom stereocenters. The summed E-state index contributed by atoms with van der Waals surface area (Å²) in [7, 11) is 0. The van der Waals surface area contributed by atoms with Gasteiger partial charge in [-0.25, -0.2) is 9.97 Å². The summed E-state index contributed by atoms with van der Waals surface area (Å²) < 4.78 is 2.28. The molecule has 0 fully saturated rings. The van der Waals surface area contributed by atoms with E-state index in [-0.39, 0.29) is 16.6 Å². The molecule has 0 atom stereocenters. The van der Waals surface area contributed by atoms with Crippen molar-refractivity contribution in [2.45, 2.75) is 78.1 Å². The molecule has 1 aliphatic carbocycles. The van der Waals surface area contributed by atoms with Crippen molar-refractivity contribution < 1.29 is 5.11 Å². The second-order valence-electron chi connectivity index (χ2n) is 14.4. The van der Waals surface area contributed by atoms with Crippen molar-refractivity contribution in [1.82, 2.24) is 19.5 Å². The third-order valence-electron chi connectivity index (χ3n) is 10.6. The summed E-state index contributed by atoms with van der Waals surface area (Å²) in [4.78, 5) is 15.2. The number of hydrogen-bond acceptors (Lipinski definition) is 4. The molecule has 3 aromatic heterocycles. The van der Waals surface area contributed by atoms with E-state index in [2.05, 4.69) is 126 Å². The average Bonchev–Trinajstić information content (AvgIpc) is 3.48. The zero-order valence-electron chi connectivity index (χ0n) is 28.1. The third kappa shape index (κ3) is 4.39. The van der Waals surface area contributed by atoms with Crippen molar-refractivity contribution >= 4 is 10.8 Å². The highest BCUT2D eigenvalue weighted by molar-refractivity contribution is 5.95. The number of phenolic OH excluding ortho intramolecular Hbond substituents is 1. The summed E-state index contributed by atoms with van der Waals surface area (Å²) in [6.07, 6.45) is 5.92. The second kappa shape index (κ2) is 10.7. The zero-order valence-corrected chi connectivity index (χ0v) is 28.1. The number of aromatic nitrogens is 4. The minimum atomic E-state index is -0.211. The Morgan fingerprint density at radius 2 is 1.37 bits per heavy atom. The summed E-state index contributed by atoms with van der Waals surface area (Å²) in [5.74, 6) is 1.74. The summed E-state index contributed by atoms with van der Waals surface area (Å²) in [5.41, 5.74) is 9.76. The first-order valence-corrected chi connectivity index (χ1v) is 16.3. The molecule has 46 heavy (non-hydrogen) atoms. The summed E-state index contributed by atoms with van der Waals surface area (Å²) in [6, 6.07) is 25.2. The van der Waals surface area contributed by atoms with Crippen LogP contribution in [0.1, 0.15) is 89.5 Å². The molecule has 3 aromatic carbocycles. The number of nitrogens with zero attached hydrogens (tertiary/aromatic N) is 4. The van der Waals surface area contributed by atoms with Crippen LogP contribution in [-0.2, 0) is 10.8 Å². The number of phenols is 1. The van der Waals surface area contributed by atoms with Crippen molar-refractivity contribution in [2.24, 2.45) is 0 Å². The van der Waals surface area contributed by atoms with E-state index in [1.165, 1.54) is 16.8 Å². The molecule has 0 amide bonds. The Morgan fingerprint density at radius 3 is 2.09 bits per heavy atom. The molecule has 0 spiro atoms. The lowest BCUT2D eigenvalue weighted by Gasteiger charge is -2.47. The maximum atomic E-state index is 11.2. The predicted molar refractivity (Wildman–Crippen MR) is 189 cm³/mol. The quantitative estimate of drug-likeness (QED) is 0.212. The standard InChI is InChI=1S/C41H42N4O/c1-24(2)27-13-10-14-28(25(3)4)38(27)45-23-34(44-39(45)29-15-9-12-26-20-21-42-22-30(26)29)33-19-18-32-37(43-33)36-31(16-11-17-35(36)46)40(5,6)41(32,7)8/h9-25,46H,1-8H3. The molecule has 3 heterocycles. The normalized spacial score (nSPS) is 14.9. The van der Waals surface area contributed by atoms with E-state index in [1.807, 2.05) is 24.5 Å². The third-order valence-corrected chi connectivity index (χ3v) is 10.6.